The second-order valence-electron chi connectivity index (χ2n) is 2.48. The maximum Gasteiger partial charge on any atom is 0.316 e. The Hall–Kier alpha value is -1.91. The Bertz CT molecular complexity index is 372. The van der Waals surface area contributed by atoms with Crippen molar-refractivity contribution in [2.75, 3.05) is 7.11 Å². The highest BCUT2D eigenvalue weighted by Crippen LogP contribution is 2.13. The van der Waals surface area contributed by atoms with Gasteiger partial charge in [0, 0.05) is 0 Å². The van der Waals surface area contributed by atoms with Crippen LogP contribution in [0, 0.1) is 0 Å². The molecule has 0 fully saturated rings. The van der Waals surface area contributed by atoms with Crippen LogP contribution in [0.15, 0.2) is 34.6 Å². The van der Waals surface area contributed by atoms with E-state index in [0.29, 0.717) is 5.84 Å². The van der Waals surface area contributed by atoms with Gasteiger partial charge in [0.05, 0.1) is 12.7 Å². The molecule has 1 heterocycles. The van der Waals surface area contributed by atoms with E-state index in [1.165, 1.54) is 0 Å². The third kappa shape index (κ3) is 1.48. The minimum absolute atomic E-state index is 0.638. The zero-order valence-corrected chi connectivity index (χ0v) is 7.06. The van der Waals surface area contributed by atoms with E-state index in [1.807, 2.05) is 24.3 Å². The molecule has 0 aromatic heterocycles. The molecule has 5 nitrogen and oxygen atoms in total. The summed E-state index contributed by atoms with van der Waals surface area (Å²) < 4.78 is 5.07. The van der Waals surface area contributed by atoms with Gasteiger partial charge in [-0.1, -0.05) is 6.07 Å². The summed E-state index contributed by atoms with van der Waals surface area (Å²) in [5.41, 5.74) is 3.58. The standard InChI is InChI=1S/C8H8N4O/c1-13-7-4-2-3-6(5-7)8-9-11-12-10-8/h2-5H,1H3,(H,9,10,11)/q+1. The summed E-state index contributed by atoms with van der Waals surface area (Å²) in [6.45, 7) is 0. The zero-order valence-electron chi connectivity index (χ0n) is 7.06. The summed E-state index contributed by atoms with van der Waals surface area (Å²) >= 11 is 0. The highest BCUT2D eigenvalue weighted by atomic mass is 16.5. The molecular formula is C8H8N4O+. The van der Waals surface area contributed by atoms with Gasteiger partial charge in [-0.2, -0.15) is 0 Å². The number of ether oxygens (including phenoxy) is 1. The SMILES string of the molecule is COc1cccc(C2=NN=[N+]N2)c1. The largest absolute Gasteiger partial charge is 0.497 e. The van der Waals surface area contributed by atoms with Crippen LogP contribution in [0.25, 0.3) is 0 Å². The number of nitrogens with one attached hydrogen (secondary N) is 1. The predicted octanol–water partition coefficient (Wildman–Crippen LogP) is 0.663. The van der Waals surface area contributed by atoms with Crippen LogP contribution in [-0.2, 0) is 0 Å². The van der Waals surface area contributed by atoms with Crippen LogP contribution in [0.5, 0.6) is 5.75 Å². The van der Waals surface area contributed by atoms with Gasteiger partial charge in [0.2, 0.25) is 5.22 Å². The Labute approximate surface area is 75.1 Å². The van der Waals surface area contributed by atoms with E-state index in [9.17, 15) is 0 Å². The zero-order chi connectivity index (χ0) is 9.10. The molecule has 0 spiro atoms. The smallest absolute Gasteiger partial charge is 0.316 e. The molecule has 1 N–H and O–H groups in total. The fourth-order valence-corrected chi connectivity index (χ4v) is 1.05. The summed E-state index contributed by atoms with van der Waals surface area (Å²) in [6.07, 6.45) is 0. The van der Waals surface area contributed by atoms with Crippen LogP contribution in [0.2, 0.25) is 0 Å². The van der Waals surface area contributed by atoms with Gasteiger partial charge in [0.1, 0.15) is 10.9 Å². The van der Waals surface area contributed by atoms with Crippen molar-refractivity contribution in [3.63, 3.8) is 0 Å². The van der Waals surface area contributed by atoms with E-state index in [-0.39, 0.29) is 0 Å². The first-order valence-electron chi connectivity index (χ1n) is 3.78. The summed E-state index contributed by atoms with van der Waals surface area (Å²) in [5, 5.41) is 10.8. The van der Waals surface area contributed by atoms with E-state index >= 15 is 0 Å². The molecule has 0 bridgehead atoms. The molecule has 65 valence electrons. The quantitative estimate of drug-likeness (QED) is 0.719. The highest BCUT2D eigenvalue weighted by Gasteiger charge is 2.17. The molecule has 13 heavy (non-hydrogen) atoms. The van der Waals surface area contributed by atoms with Gasteiger partial charge in [-0.25, -0.2) is 0 Å². The molecule has 1 aliphatic heterocycles. The van der Waals surface area contributed by atoms with Gasteiger partial charge in [0.25, 0.3) is 0 Å². The normalized spacial score (nSPS) is 13.8. The Balaban J connectivity index is 2.30. The molecule has 1 aromatic carbocycles. The van der Waals surface area contributed by atoms with E-state index < -0.39 is 0 Å². The average Bonchev–Trinajstić information content (AvgIpc) is 2.71. The molecule has 0 saturated heterocycles. The second-order valence-corrected chi connectivity index (χ2v) is 2.48. The average molecular weight is 176 g/mol. The number of nitrogens with zero attached hydrogens (tertiary/aromatic N) is 3. The van der Waals surface area contributed by atoms with Crippen molar-refractivity contribution in [1.29, 1.82) is 0 Å². The van der Waals surface area contributed by atoms with E-state index in [0.717, 1.165) is 11.3 Å². The van der Waals surface area contributed by atoms with Crippen molar-refractivity contribution in [1.82, 2.24) is 10.6 Å². The number of benzene rings is 1. The van der Waals surface area contributed by atoms with Gasteiger partial charge in [-0.3, -0.25) is 0 Å². The van der Waals surface area contributed by atoms with Crippen molar-refractivity contribution < 1.29 is 4.74 Å². The summed E-state index contributed by atoms with van der Waals surface area (Å²) in [7, 11) is 1.62. The maximum atomic E-state index is 5.07. The molecule has 1 aromatic rings. The molecule has 0 amide bonds. The molecule has 1 aliphatic rings. The highest BCUT2D eigenvalue weighted by molar-refractivity contribution is 5.98. The third-order valence-electron chi connectivity index (χ3n) is 1.69. The van der Waals surface area contributed by atoms with E-state index in [1.54, 1.807) is 7.11 Å². The van der Waals surface area contributed by atoms with Crippen molar-refractivity contribution in [2.45, 2.75) is 0 Å². The molecule has 0 aliphatic carbocycles. The van der Waals surface area contributed by atoms with Crippen molar-refractivity contribution in [3.8, 4) is 5.75 Å². The van der Waals surface area contributed by atoms with Gasteiger partial charge in [-0.05, 0) is 18.2 Å². The summed E-state index contributed by atoms with van der Waals surface area (Å²) in [6, 6.07) is 7.52. The lowest BCUT2D eigenvalue weighted by Gasteiger charge is -1.99. The lowest BCUT2D eigenvalue weighted by molar-refractivity contribution is 0.414. The van der Waals surface area contributed by atoms with Crippen LogP contribution < -0.4 is 15.4 Å². The van der Waals surface area contributed by atoms with Gasteiger partial charge in [-0.15, -0.1) is 5.43 Å². The van der Waals surface area contributed by atoms with Crippen LogP contribution in [-0.4, -0.2) is 12.9 Å². The van der Waals surface area contributed by atoms with Crippen molar-refractivity contribution >= 4 is 5.84 Å². The number of rotatable bonds is 2. The van der Waals surface area contributed by atoms with Gasteiger partial charge in [0.15, 0.2) is 5.22 Å². The monoisotopic (exact) mass is 176 g/mol. The summed E-state index contributed by atoms with van der Waals surface area (Å²) in [5.74, 6) is 1.42. The fraction of sp³-hybridized carbons (Fsp3) is 0.125. The predicted molar refractivity (Wildman–Crippen MR) is 47.2 cm³/mol. The lowest BCUT2D eigenvalue weighted by atomic mass is 10.2. The third-order valence-corrected chi connectivity index (χ3v) is 1.69. The molecule has 2 rings (SSSR count). The van der Waals surface area contributed by atoms with Crippen LogP contribution in [0.3, 0.4) is 0 Å². The minimum atomic E-state index is 0.638. The fourth-order valence-electron chi connectivity index (χ4n) is 1.05. The Morgan fingerprint density at radius 3 is 3.08 bits per heavy atom. The first kappa shape index (κ1) is 7.72. The van der Waals surface area contributed by atoms with Crippen molar-refractivity contribution in [2.24, 2.45) is 10.3 Å². The number of hydrogen-bond acceptors (Lipinski definition) is 5. The number of methoxy groups -OCH3 is 1. The molecular weight excluding hydrogens is 168 g/mol. The van der Waals surface area contributed by atoms with E-state index in [4.69, 9.17) is 4.74 Å². The molecule has 5 heteroatoms. The van der Waals surface area contributed by atoms with Crippen LogP contribution in [0.4, 0.5) is 0 Å². The Morgan fingerprint density at radius 2 is 2.38 bits per heavy atom. The second kappa shape index (κ2) is 3.22. The number of amidine groups is 1. The lowest BCUT2D eigenvalue weighted by Crippen LogP contribution is -2.20. The molecule has 0 saturated carbocycles. The van der Waals surface area contributed by atoms with Crippen LogP contribution in [0.1, 0.15) is 5.56 Å². The van der Waals surface area contributed by atoms with Gasteiger partial charge < -0.3 is 4.74 Å². The Kier molecular flexibility index (Phi) is 1.91. The van der Waals surface area contributed by atoms with E-state index in [2.05, 4.69) is 21.0 Å². The van der Waals surface area contributed by atoms with Gasteiger partial charge >= 0.3 is 5.84 Å². The first-order chi connectivity index (χ1) is 6.40. The Morgan fingerprint density at radius 1 is 1.46 bits per heavy atom. The topological polar surface area (TPSA) is 60.1 Å². The minimum Gasteiger partial charge on any atom is -0.497 e. The molecule has 0 atom stereocenters. The van der Waals surface area contributed by atoms with Crippen LogP contribution >= 0.6 is 0 Å². The maximum absolute atomic E-state index is 5.07. The summed E-state index contributed by atoms with van der Waals surface area (Å²) in [4.78, 5) is 0. The molecule has 0 unspecified atom stereocenters. The molecule has 1 radical (unpaired) electrons. The first-order valence-corrected chi connectivity index (χ1v) is 3.78. The van der Waals surface area contributed by atoms with Crippen molar-refractivity contribution in [3.05, 3.63) is 29.8 Å². The number of hydrogen-bond donors (Lipinski definition) is 1.